The van der Waals surface area contributed by atoms with Gasteiger partial charge in [0.15, 0.2) is 0 Å². The Hall–Kier alpha value is -4.05. The number of hydrogen-bond acceptors (Lipinski definition) is 5. The van der Waals surface area contributed by atoms with Gasteiger partial charge in [-0.1, -0.05) is 26.5 Å². The van der Waals surface area contributed by atoms with Crippen molar-refractivity contribution in [2.24, 2.45) is 11.8 Å². The lowest BCUT2D eigenvalue weighted by Gasteiger charge is -2.13. The van der Waals surface area contributed by atoms with Crippen molar-refractivity contribution < 1.29 is 29.7 Å². The maximum absolute atomic E-state index is 12.4. The molecule has 4 rings (SSSR count). The molecule has 43 heavy (non-hydrogen) atoms. The molecule has 10 heteroatoms. The Morgan fingerprint density at radius 3 is 2.09 bits per heavy atom. The summed E-state index contributed by atoms with van der Waals surface area (Å²) in [5.74, 6) is -1.67. The third-order valence-electron chi connectivity index (χ3n) is 9.31. The highest BCUT2D eigenvalue weighted by atomic mass is 16.4. The van der Waals surface area contributed by atoms with Crippen LogP contribution >= 0.6 is 0 Å². The zero-order valence-electron chi connectivity index (χ0n) is 25.7. The Bertz CT molecular complexity index is 1490. The Balaban J connectivity index is 1.74. The number of aliphatic carboxylic acids is 2. The van der Waals surface area contributed by atoms with Crippen LogP contribution < -0.4 is 10.6 Å². The first-order chi connectivity index (χ1) is 20.4. The van der Waals surface area contributed by atoms with Crippen molar-refractivity contribution >= 4 is 23.9 Å². The Morgan fingerprint density at radius 2 is 1.53 bits per heavy atom. The molecule has 2 aromatic rings. The molecule has 0 aromatic carbocycles. The van der Waals surface area contributed by atoms with Gasteiger partial charge in [0.25, 0.3) is 5.91 Å². The molecule has 0 bridgehead atoms. The summed E-state index contributed by atoms with van der Waals surface area (Å²) in [7, 11) is 0. The number of carboxylic acids is 2. The van der Waals surface area contributed by atoms with Gasteiger partial charge in [0.1, 0.15) is 6.23 Å². The number of aromatic amines is 2. The number of rotatable bonds is 13. The zero-order valence-corrected chi connectivity index (χ0v) is 25.7. The molecule has 0 saturated carbocycles. The molecule has 1 unspecified atom stereocenters. The molecular formula is C33H44N4O6. The summed E-state index contributed by atoms with van der Waals surface area (Å²) in [6.07, 6.45) is 5.44. The predicted octanol–water partition coefficient (Wildman–Crippen LogP) is 4.05. The van der Waals surface area contributed by atoms with E-state index in [9.17, 15) is 29.7 Å². The number of carbonyl (C=O) groups is 3. The number of aliphatic hydroxyl groups is 1. The number of carboxylic acid groups (broad SMARTS) is 2. The number of carbonyl (C=O) groups excluding carboxylic acids is 1. The average Bonchev–Trinajstić information content (AvgIpc) is 3.59. The minimum absolute atomic E-state index is 0.0210. The first-order valence-corrected chi connectivity index (χ1v) is 15.0. The Morgan fingerprint density at radius 1 is 0.930 bits per heavy atom. The number of nitrogens with one attached hydrogen (secondary N) is 4. The fraction of sp³-hybridized carbons (Fsp3) is 0.485. The van der Waals surface area contributed by atoms with Gasteiger partial charge in [0.2, 0.25) is 0 Å². The molecule has 1 saturated heterocycles. The second kappa shape index (κ2) is 13.1. The van der Waals surface area contributed by atoms with Crippen molar-refractivity contribution in [1.29, 1.82) is 0 Å². The fourth-order valence-electron chi connectivity index (χ4n) is 6.63. The van der Waals surface area contributed by atoms with Crippen LogP contribution in [0, 0.1) is 25.7 Å². The van der Waals surface area contributed by atoms with Crippen molar-refractivity contribution in [3.05, 3.63) is 74.5 Å². The molecular weight excluding hydrogens is 548 g/mol. The molecule has 10 nitrogen and oxygen atoms in total. The fourth-order valence-corrected chi connectivity index (χ4v) is 6.63. The van der Waals surface area contributed by atoms with Crippen molar-refractivity contribution in [2.45, 2.75) is 91.8 Å². The third-order valence-corrected chi connectivity index (χ3v) is 9.31. The van der Waals surface area contributed by atoms with Gasteiger partial charge in [-0.05, 0) is 73.9 Å². The molecule has 4 atom stereocenters. The van der Waals surface area contributed by atoms with E-state index in [1.807, 2.05) is 33.8 Å². The Kier molecular flexibility index (Phi) is 9.69. The number of aliphatic hydroxyl groups excluding tert-OH is 1. The Labute approximate surface area is 252 Å². The molecule has 4 heterocycles. The molecule has 7 N–H and O–H groups in total. The summed E-state index contributed by atoms with van der Waals surface area (Å²) >= 11 is 0. The molecule has 2 aliphatic heterocycles. The second-order valence-electron chi connectivity index (χ2n) is 11.9. The minimum atomic E-state index is -0.886. The van der Waals surface area contributed by atoms with Crippen molar-refractivity contribution in [2.75, 3.05) is 0 Å². The summed E-state index contributed by atoms with van der Waals surface area (Å²) in [4.78, 5) is 42.6. The summed E-state index contributed by atoms with van der Waals surface area (Å²) < 4.78 is 0. The van der Waals surface area contributed by atoms with Crippen LogP contribution in [0.2, 0.25) is 0 Å². The molecule has 2 aromatic heterocycles. The van der Waals surface area contributed by atoms with Gasteiger partial charge >= 0.3 is 11.9 Å². The number of H-pyrrole nitrogens is 2. The largest absolute Gasteiger partial charge is 0.481 e. The van der Waals surface area contributed by atoms with Crippen molar-refractivity contribution in [3.63, 3.8) is 0 Å². The van der Waals surface area contributed by atoms with Gasteiger partial charge in [-0.3, -0.25) is 14.4 Å². The molecule has 0 aliphatic carbocycles. The van der Waals surface area contributed by atoms with Gasteiger partial charge in [-0.25, -0.2) is 0 Å². The highest BCUT2D eigenvalue weighted by Crippen LogP contribution is 2.35. The van der Waals surface area contributed by atoms with Crippen LogP contribution in [-0.4, -0.2) is 55.4 Å². The summed E-state index contributed by atoms with van der Waals surface area (Å²) in [5.41, 5.74) is 9.73. The monoisotopic (exact) mass is 592 g/mol. The van der Waals surface area contributed by atoms with Crippen LogP contribution in [0.1, 0.15) is 85.1 Å². The van der Waals surface area contributed by atoms with E-state index in [-0.39, 0.29) is 36.6 Å². The summed E-state index contributed by atoms with van der Waals surface area (Å²) in [6, 6.07) is -0.196. The van der Waals surface area contributed by atoms with Crippen molar-refractivity contribution in [3.8, 4) is 0 Å². The van der Waals surface area contributed by atoms with E-state index >= 15 is 0 Å². The van der Waals surface area contributed by atoms with E-state index < -0.39 is 18.2 Å². The summed E-state index contributed by atoms with van der Waals surface area (Å²) in [6.45, 7) is 13.7. The van der Waals surface area contributed by atoms with E-state index in [0.717, 1.165) is 62.7 Å². The number of aromatic nitrogens is 2. The number of hydrogen-bond donors (Lipinski definition) is 7. The van der Waals surface area contributed by atoms with E-state index in [1.54, 1.807) is 6.08 Å². The highest BCUT2D eigenvalue weighted by Gasteiger charge is 2.34. The topological polar surface area (TPSA) is 168 Å². The SMILES string of the molecule is C=CC1=C(C)[C@@H](Cc2[nH]c(Cc3[nH]c(/C=C4\NC(O)[C@H](C)[C@H]4CC)c(C)c3CCC(=O)O)c(CCC(=O)O)c2C)NC1=O. The lowest BCUT2D eigenvalue weighted by Crippen LogP contribution is -2.30. The number of amides is 1. The van der Waals surface area contributed by atoms with E-state index in [0.29, 0.717) is 31.3 Å². The highest BCUT2D eigenvalue weighted by molar-refractivity contribution is 6.00. The van der Waals surface area contributed by atoms with Gasteiger partial charge in [0, 0.05) is 71.6 Å². The van der Waals surface area contributed by atoms with Gasteiger partial charge < -0.3 is 35.9 Å². The molecule has 1 fully saturated rings. The van der Waals surface area contributed by atoms with E-state index in [4.69, 9.17) is 0 Å². The van der Waals surface area contributed by atoms with Crippen LogP contribution in [0.25, 0.3) is 6.08 Å². The smallest absolute Gasteiger partial charge is 0.303 e. The van der Waals surface area contributed by atoms with Gasteiger partial charge in [0.05, 0.1) is 6.04 Å². The average molecular weight is 593 g/mol. The van der Waals surface area contributed by atoms with Crippen LogP contribution in [0.4, 0.5) is 0 Å². The van der Waals surface area contributed by atoms with Crippen LogP contribution in [0.5, 0.6) is 0 Å². The second-order valence-corrected chi connectivity index (χ2v) is 11.9. The molecule has 0 radical (unpaired) electrons. The van der Waals surface area contributed by atoms with Crippen LogP contribution in [0.15, 0.2) is 29.5 Å². The van der Waals surface area contributed by atoms with Gasteiger partial charge in [-0.15, -0.1) is 0 Å². The maximum atomic E-state index is 12.4. The molecule has 2 aliphatic rings. The molecule has 232 valence electrons. The van der Waals surface area contributed by atoms with E-state index in [1.165, 1.54) is 0 Å². The van der Waals surface area contributed by atoms with Crippen LogP contribution in [-0.2, 0) is 40.1 Å². The predicted molar refractivity (Wildman–Crippen MR) is 164 cm³/mol. The van der Waals surface area contributed by atoms with Crippen LogP contribution in [0.3, 0.4) is 0 Å². The lowest BCUT2D eigenvalue weighted by molar-refractivity contribution is -0.138. The zero-order chi connectivity index (χ0) is 31.6. The minimum Gasteiger partial charge on any atom is -0.481 e. The molecule has 1 amide bonds. The third kappa shape index (κ3) is 6.64. The summed E-state index contributed by atoms with van der Waals surface area (Å²) in [5, 5.41) is 35.6. The standard InChI is InChI=1S/C33H44N4O6/c1-7-20-19(6)32(42)37-27(20)14-25-18(5)23(10-12-31(40)41)29(35-25)15-28-22(9-11-30(38)39)17(4)24(34-28)13-26-16(3)21(8-2)33(43)36-26/h8,14,19-20,26,32,34-35,37,42H,2,7,9-13,15H2,1,3-6H3,(H,36,43)(H,38,39)(H,40,41)/b27-14-/t19-,20-,26-,32?/m1/s1. The molecule has 0 spiro atoms. The first-order valence-electron chi connectivity index (χ1n) is 15.0. The number of allylic oxidation sites excluding steroid dienone is 1. The first kappa shape index (κ1) is 31.9. The van der Waals surface area contributed by atoms with E-state index in [2.05, 4.69) is 34.1 Å². The van der Waals surface area contributed by atoms with Gasteiger partial charge in [-0.2, -0.15) is 0 Å². The quantitative estimate of drug-likeness (QED) is 0.184. The maximum Gasteiger partial charge on any atom is 0.303 e. The normalized spacial score (nSPS) is 22.7. The van der Waals surface area contributed by atoms with Crippen molar-refractivity contribution in [1.82, 2.24) is 20.6 Å². The lowest BCUT2D eigenvalue weighted by atomic mass is 9.91.